The normalized spacial score (nSPS) is 20.7. The Hall–Kier alpha value is -2.67. The van der Waals surface area contributed by atoms with E-state index in [4.69, 9.17) is 5.73 Å². The second-order valence-electron chi connectivity index (χ2n) is 5.57. The molecule has 2 heterocycles. The van der Waals surface area contributed by atoms with Gasteiger partial charge >= 0.3 is 5.97 Å². The number of nitrogens with one attached hydrogen (secondary N) is 1. The van der Waals surface area contributed by atoms with Crippen molar-refractivity contribution in [3.05, 3.63) is 42.4 Å². The van der Waals surface area contributed by atoms with Crippen molar-refractivity contribution >= 4 is 11.9 Å². The average Bonchev–Trinajstić information content (AvgIpc) is 3.21. The molecule has 0 aliphatic carbocycles. The predicted molar refractivity (Wildman–Crippen MR) is 83.6 cm³/mol. The molecule has 7 heteroatoms. The molecule has 1 saturated heterocycles. The van der Waals surface area contributed by atoms with Gasteiger partial charge in [-0.2, -0.15) is 0 Å². The molecule has 1 aromatic carbocycles. The lowest BCUT2D eigenvalue weighted by Crippen LogP contribution is -2.43. The first-order valence-electron chi connectivity index (χ1n) is 7.43. The second-order valence-corrected chi connectivity index (χ2v) is 5.57. The Kier molecular flexibility index (Phi) is 4.12. The first-order valence-corrected chi connectivity index (χ1v) is 7.43. The summed E-state index contributed by atoms with van der Waals surface area (Å²) in [5.74, 6) is -0.801. The van der Waals surface area contributed by atoms with Crippen molar-refractivity contribution in [3.63, 3.8) is 0 Å². The molecule has 0 saturated carbocycles. The Balaban J connectivity index is 1.82. The number of likely N-dealkylation sites (tertiary alicyclic amines) is 1. The van der Waals surface area contributed by atoms with E-state index in [2.05, 4.69) is 9.97 Å². The summed E-state index contributed by atoms with van der Waals surface area (Å²) in [5, 5.41) is 9.31. The van der Waals surface area contributed by atoms with Crippen molar-refractivity contribution in [2.24, 2.45) is 5.73 Å². The summed E-state index contributed by atoms with van der Waals surface area (Å²) in [6.07, 6.45) is 2.14. The van der Waals surface area contributed by atoms with Crippen molar-refractivity contribution in [3.8, 4) is 11.3 Å². The molecule has 120 valence electrons. The van der Waals surface area contributed by atoms with Gasteiger partial charge in [0, 0.05) is 24.2 Å². The molecule has 0 bridgehead atoms. The summed E-state index contributed by atoms with van der Waals surface area (Å²) < 4.78 is 0. The lowest BCUT2D eigenvalue weighted by Gasteiger charge is -2.20. The number of hydrogen-bond acceptors (Lipinski definition) is 4. The average molecular weight is 314 g/mol. The van der Waals surface area contributed by atoms with Crippen LogP contribution in [0.5, 0.6) is 0 Å². The molecular formula is C16H18N4O3. The Morgan fingerprint density at radius 3 is 2.74 bits per heavy atom. The van der Waals surface area contributed by atoms with E-state index in [9.17, 15) is 14.7 Å². The predicted octanol–water partition coefficient (Wildman–Crippen LogP) is 0.804. The third kappa shape index (κ3) is 2.95. The van der Waals surface area contributed by atoms with Gasteiger partial charge in [-0.3, -0.25) is 4.79 Å². The van der Waals surface area contributed by atoms with Crippen LogP contribution >= 0.6 is 0 Å². The molecule has 1 aromatic heterocycles. The number of nitrogens with zero attached hydrogens (tertiary/aromatic N) is 2. The largest absolute Gasteiger partial charge is 0.480 e. The topological polar surface area (TPSA) is 112 Å². The number of carboxylic acids is 1. The number of aromatic amines is 1. The molecule has 1 fully saturated rings. The molecule has 1 amide bonds. The van der Waals surface area contributed by atoms with Gasteiger partial charge in [-0.15, -0.1) is 0 Å². The van der Waals surface area contributed by atoms with E-state index in [1.54, 1.807) is 6.20 Å². The summed E-state index contributed by atoms with van der Waals surface area (Å²) in [6, 6.07) is 8.86. The number of carboxylic acid groups (broad SMARTS) is 1. The van der Waals surface area contributed by atoms with Gasteiger partial charge in [-0.1, -0.05) is 30.3 Å². The maximum absolute atomic E-state index is 11.8. The van der Waals surface area contributed by atoms with Gasteiger partial charge in [0.1, 0.15) is 11.9 Å². The Labute approximate surface area is 133 Å². The van der Waals surface area contributed by atoms with Crippen LogP contribution in [0.4, 0.5) is 0 Å². The number of aliphatic carboxylic acids is 1. The number of carbonyl (C=O) groups excluding carboxylic acids is 1. The number of aromatic nitrogens is 2. The van der Waals surface area contributed by atoms with Crippen LogP contribution in [0.25, 0.3) is 11.3 Å². The zero-order chi connectivity index (χ0) is 16.4. The molecule has 7 nitrogen and oxygen atoms in total. The van der Waals surface area contributed by atoms with Crippen LogP contribution in [0.15, 0.2) is 36.5 Å². The highest BCUT2D eigenvalue weighted by molar-refractivity contribution is 5.85. The monoisotopic (exact) mass is 314 g/mol. The fraction of sp³-hybridized carbons (Fsp3) is 0.312. The van der Waals surface area contributed by atoms with Crippen LogP contribution < -0.4 is 5.73 Å². The third-order valence-corrected chi connectivity index (χ3v) is 4.14. The van der Waals surface area contributed by atoms with Crippen molar-refractivity contribution in [2.75, 3.05) is 13.1 Å². The SMILES string of the molecule is NCC(=O)N1C[C@H](c2nc(-c3ccccc3)c[nH]2)CC1C(=O)O. The third-order valence-electron chi connectivity index (χ3n) is 4.14. The van der Waals surface area contributed by atoms with Crippen LogP contribution in [0.1, 0.15) is 18.2 Å². The van der Waals surface area contributed by atoms with Gasteiger partial charge in [0.2, 0.25) is 5.91 Å². The first kappa shape index (κ1) is 15.2. The van der Waals surface area contributed by atoms with Gasteiger partial charge in [0.15, 0.2) is 0 Å². The highest BCUT2D eigenvalue weighted by Gasteiger charge is 2.40. The molecule has 1 aliphatic rings. The van der Waals surface area contributed by atoms with Crippen LogP contribution in [0, 0.1) is 0 Å². The minimum atomic E-state index is -1.01. The number of nitrogens with two attached hydrogens (primary N) is 1. The van der Waals surface area contributed by atoms with Crippen LogP contribution in [0.3, 0.4) is 0 Å². The number of imidazole rings is 1. The van der Waals surface area contributed by atoms with E-state index in [0.717, 1.165) is 11.3 Å². The number of rotatable bonds is 4. The van der Waals surface area contributed by atoms with E-state index in [-0.39, 0.29) is 18.4 Å². The minimum absolute atomic E-state index is 0.135. The lowest BCUT2D eigenvalue weighted by atomic mass is 10.1. The van der Waals surface area contributed by atoms with Crippen LogP contribution in [-0.4, -0.2) is 51.0 Å². The smallest absolute Gasteiger partial charge is 0.326 e. The molecule has 23 heavy (non-hydrogen) atoms. The van der Waals surface area contributed by atoms with Crippen LogP contribution in [-0.2, 0) is 9.59 Å². The van der Waals surface area contributed by atoms with Gasteiger partial charge in [0.25, 0.3) is 0 Å². The molecule has 3 rings (SSSR count). The number of amides is 1. The van der Waals surface area contributed by atoms with Gasteiger partial charge in [0.05, 0.1) is 12.2 Å². The number of benzene rings is 1. The zero-order valence-corrected chi connectivity index (χ0v) is 12.5. The minimum Gasteiger partial charge on any atom is -0.480 e. The fourth-order valence-corrected chi connectivity index (χ4v) is 2.96. The quantitative estimate of drug-likeness (QED) is 0.773. The summed E-state index contributed by atoms with van der Waals surface area (Å²) in [4.78, 5) is 32.2. The van der Waals surface area contributed by atoms with Crippen molar-refractivity contribution in [2.45, 2.75) is 18.4 Å². The molecule has 2 atom stereocenters. The van der Waals surface area contributed by atoms with Gasteiger partial charge in [-0.25, -0.2) is 9.78 Å². The Bertz CT molecular complexity index is 713. The first-order chi connectivity index (χ1) is 11.1. The molecule has 0 radical (unpaired) electrons. The highest BCUT2D eigenvalue weighted by Crippen LogP contribution is 2.31. The molecule has 4 N–H and O–H groups in total. The Morgan fingerprint density at radius 1 is 1.35 bits per heavy atom. The van der Waals surface area contributed by atoms with E-state index in [0.29, 0.717) is 18.8 Å². The second kappa shape index (κ2) is 6.21. The maximum atomic E-state index is 11.8. The standard InChI is InChI=1S/C16H18N4O3/c17-7-14(21)20-9-11(6-13(20)16(22)23)15-18-8-12(19-15)10-4-2-1-3-5-10/h1-5,8,11,13H,6-7,9,17H2,(H,18,19)(H,22,23)/t11-,13?/m1/s1. The fourth-order valence-electron chi connectivity index (χ4n) is 2.96. The summed E-state index contributed by atoms with van der Waals surface area (Å²) in [7, 11) is 0. The lowest BCUT2D eigenvalue weighted by molar-refractivity contribution is -0.147. The molecular weight excluding hydrogens is 296 g/mol. The summed E-state index contributed by atoms with van der Waals surface area (Å²) in [6.45, 7) is 0.124. The highest BCUT2D eigenvalue weighted by atomic mass is 16.4. The van der Waals surface area contributed by atoms with E-state index in [1.165, 1.54) is 4.90 Å². The molecule has 1 aliphatic heterocycles. The van der Waals surface area contributed by atoms with Crippen molar-refractivity contribution < 1.29 is 14.7 Å². The zero-order valence-electron chi connectivity index (χ0n) is 12.5. The molecule has 2 aromatic rings. The summed E-state index contributed by atoms with van der Waals surface area (Å²) in [5.41, 5.74) is 7.16. The number of carbonyl (C=O) groups is 2. The van der Waals surface area contributed by atoms with Gasteiger partial charge in [-0.05, 0) is 6.42 Å². The molecule has 1 unspecified atom stereocenters. The molecule has 0 spiro atoms. The van der Waals surface area contributed by atoms with Crippen LogP contribution in [0.2, 0.25) is 0 Å². The maximum Gasteiger partial charge on any atom is 0.326 e. The van der Waals surface area contributed by atoms with Crippen molar-refractivity contribution in [1.29, 1.82) is 0 Å². The number of hydrogen-bond donors (Lipinski definition) is 3. The Morgan fingerprint density at radius 2 is 2.09 bits per heavy atom. The van der Waals surface area contributed by atoms with E-state index < -0.39 is 12.0 Å². The number of H-pyrrole nitrogens is 1. The van der Waals surface area contributed by atoms with Crippen molar-refractivity contribution in [1.82, 2.24) is 14.9 Å². The summed E-state index contributed by atoms with van der Waals surface area (Å²) >= 11 is 0. The van der Waals surface area contributed by atoms with E-state index in [1.807, 2.05) is 30.3 Å². The van der Waals surface area contributed by atoms with Gasteiger partial charge < -0.3 is 20.7 Å². The van der Waals surface area contributed by atoms with E-state index >= 15 is 0 Å².